The average Bonchev–Trinajstić information content (AvgIpc) is 3.22. The second-order valence-electron chi connectivity index (χ2n) is 12.8. The van der Waals surface area contributed by atoms with Crippen molar-refractivity contribution in [1.29, 1.82) is 0 Å². The largest absolute Gasteiger partial charge is 0.424 e. The number of benzene rings is 7. The van der Waals surface area contributed by atoms with Crippen LogP contribution in [0.4, 0.5) is 23.0 Å². The first-order chi connectivity index (χ1) is 25.3. The molecule has 0 fully saturated rings. The Hall–Kier alpha value is -6.79. The Morgan fingerprint density at radius 3 is 1.39 bits per heavy atom. The molecule has 1 aromatic heterocycles. The van der Waals surface area contributed by atoms with Crippen LogP contribution in [0, 0.1) is 0 Å². The fourth-order valence-corrected chi connectivity index (χ4v) is 7.64. The maximum Gasteiger partial charge on any atom is 0.424 e. The molecule has 0 amide bonds. The van der Waals surface area contributed by atoms with E-state index in [1.54, 1.807) is 0 Å². The summed E-state index contributed by atoms with van der Waals surface area (Å²) < 4.78 is 0. The summed E-state index contributed by atoms with van der Waals surface area (Å²) in [6, 6.07) is 63.9. The van der Waals surface area contributed by atoms with Gasteiger partial charge in [-0.2, -0.15) is 9.97 Å². The third kappa shape index (κ3) is 4.84. The van der Waals surface area contributed by atoms with E-state index >= 15 is 0 Å². The Kier molecular flexibility index (Phi) is 6.84. The number of anilines is 4. The van der Waals surface area contributed by atoms with E-state index in [9.17, 15) is 0 Å². The molecule has 2 aliphatic heterocycles. The van der Waals surface area contributed by atoms with Crippen LogP contribution in [-0.4, -0.2) is 21.9 Å². The van der Waals surface area contributed by atoms with Gasteiger partial charge in [-0.3, -0.25) is 0 Å². The molecule has 0 atom stereocenters. The van der Waals surface area contributed by atoms with Gasteiger partial charge in [-0.25, -0.2) is 4.98 Å². The molecule has 0 N–H and O–H groups in total. The van der Waals surface area contributed by atoms with E-state index < -0.39 is 0 Å². The molecule has 7 aromatic carbocycles. The van der Waals surface area contributed by atoms with Crippen LogP contribution in [-0.2, 0) is 0 Å². The molecule has 2 aliphatic rings. The highest BCUT2D eigenvalue weighted by Gasteiger charge is 2.47. The van der Waals surface area contributed by atoms with Gasteiger partial charge in [0.15, 0.2) is 11.6 Å². The van der Waals surface area contributed by atoms with Crippen molar-refractivity contribution in [3.63, 3.8) is 0 Å². The van der Waals surface area contributed by atoms with E-state index in [-0.39, 0.29) is 6.98 Å². The standard InChI is InChI=1S/C45H30BN5/c1-4-16-31(17-5-1)34-22-14-23-35(30-34)50-40-28-12-10-24-36(40)38-26-15-27-39-37-25-11-13-29-41(37)51(46(50)42(38)39)45-48-43(32-18-6-2-7-19-32)47-44(49-45)33-20-8-3-9-21-33/h1-30H. The van der Waals surface area contributed by atoms with Crippen LogP contribution in [0.3, 0.4) is 0 Å². The molecule has 10 rings (SSSR count). The van der Waals surface area contributed by atoms with Crippen molar-refractivity contribution < 1.29 is 0 Å². The quantitative estimate of drug-likeness (QED) is 0.173. The minimum atomic E-state index is -0.304. The van der Waals surface area contributed by atoms with Gasteiger partial charge >= 0.3 is 6.98 Å². The lowest BCUT2D eigenvalue weighted by Crippen LogP contribution is -2.62. The molecule has 3 heterocycles. The van der Waals surface area contributed by atoms with Gasteiger partial charge in [0.25, 0.3) is 0 Å². The van der Waals surface area contributed by atoms with E-state index in [1.807, 2.05) is 36.4 Å². The van der Waals surface area contributed by atoms with Gasteiger partial charge in [0.2, 0.25) is 5.95 Å². The highest BCUT2D eigenvalue weighted by molar-refractivity contribution is 6.86. The third-order valence-electron chi connectivity index (χ3n) is 9.90. The zero-order valence-electron chi connectivity index (χ0n) is 27.6. The normalized spacial score (nSPS) is 12.6. The Bertz CT molecular complexity index is 2490. The molecule has 0 spiro atoms. The van der Waals surface area contributed by atoms with Crippen molar-refractivity contribution >= 4 is 35.5 Å². The summed E-state index contributed by atoms with van der Waals surface area (Å²) >= 11 is 0. The van der Waals surface area contributed by atoms with Crippen LogP contribution in [0.5, 0.6) is 0 Å². The number of hydrogen-bond acceptors (Lipinski definition) is 5. The van der Waals surface area contributed by atoms with Crippen molar-refractivity contribution in [1.82, 2.24) is 15.0 Å². The summed E-state index contributed by atoms with van der Waals surface area (Å²) in [5.74, 6) is 1.85. The molecule has 0 aliphatic carbocycles. The van der Waals surface area contributed by atoms with Gasteiger partial charge < -0.3 is 9.62 Å². The molecule has 0 radical (unpaired) electrons. The first-order valence-corrected chi connectivity index (χ1v) is 17.2. The van der Waals surface area contributed by atoms with Crippen molar-refractivity contribution in [2.24, 2.45) is 0 Å². The summed E-state index contributed by atoms with van der Waals surface area (Å²) in [7, 11) is 0. The van der Waals surface area contributed by atoms with Crippen molar-refractivity contribution in [2.75, 3.05) is 9.62 Å². The van der Waals surface area contributed by atoms with Gasteiger partial charge in [-0.05, 0) is 52.0 Å². The van der Waals surface area contributed by atoms with E-state index in [0.717, 1.165) is 39.3 Å². The van der Waals surface area contributed by atoms with Gasteiger partial charge in [0.1, 0.15) is 0 Å². The Labute approximate surface area is 297 Å². The number of rotatable bonds is 5. The lowest BCUT2D eigenvalue weighted by atomic mass is 9.53. The SMILES string of the molecule is c1ccc(-c2cccc(N3B4c5c(cccc5-c5ccccc5N4c4nc(-c5ccccc5)nc(-c5ccccc5)n4)-c4ccccc43)c2)cc1. The minimum Gasteiger partial charge on any atom is -0.361 e. The monoisotopic (exact) mass is 651 g/mol. The molecule has 6 heteroatoms. The summed E-state index contributed by atoms with van der Waals surface area (Å²) in [5, 5.41) is 0. The highest BCUT2D eigenvalue weighted by Crippen LogP contribution is 2.48. The smallest absolute Gasteiger partial charge is 0.361 e. The Morgan fingerprint density at radius 2 is 0.804 bits per heavy atom. The summed E-state index contributed by atoms with van der Waals surface area (Å²) in [6.07, 6.45) is 0. The van der Waals surface area contributed by atoms with Crippen LogP contribution in [0.25, 0.3) is 56.2 Å². The first-order valence-electron chi connectivity index (χ1n) is 17.2. The van der Waals surface area contributed by atoms with Crippen molar-refractivity contribution in [3.05, 3.63) is 182 Å². The lowest BCUT2D eigenvalue weighted by Gasteiger charge is -2.46. The molecule has 0 unspecified atom stereocenters. The number of para-hydroxylation sites is 2. The topological polar surface area (TPSA) is 45.2 Å². The zero-order valence-corrected chi connectivity index (χ0v) is 27.6. The average molecular weight is 652 g/mol. The maximum absolute atomic E-state index is 5.30. The molecule has 0 saturated carbocycles. The van der Waals surface area contributed by atoms with E-state index in [2.05, 4.69) is 155 Å². The summed E-state index contributed by atoms with van der Waals surface area (Å²) in [6.45, 7) is -0.304. The minimum absolute atomic E-state index is 0.304. The second kappa shape index (κ2) is 12.0. The number of fused-ring (bicyclic) bond motifs is 4. The molecule has 5 nitrogen and oxygen atoms in total. The number of nitrogens with zero attached hydrogens (tertiary/aromatic N) is 5. The van der Waals surface area contributed by atoms with Crippen LogP contribution in [0.1, 0.15) is 0 Å². The molecular formula is C45H30BN5. The fraction of sp³-hybridized carbons (Fsp3) is 0. The highest BCUT2D eigenvalue weighted by atomic mass is 15.3. The predicted octanol–water partition coefficient (Wildman–Crippen LogP) is 10.2. The fourth-order valence-electron chi connectivity index (χ4n) is 7.64. The Balaban J connectivity index is 1.27. The molecule has 0 saturated heterocycles. The van der Waals surface area contributed by atoms with Gasteiger partial charge in [-0.15, -0.1) is 0 Å². The van der Waals surface area contributed by atoms with Gasteiger partial charge in [-0.1, -0.05) is 158 Å². The van der Waals surface area contributed by atoms with Crippen LogP contribution in [0.2, 0.25) is 0 Å². The number of hydrogen-bond donors (Lipinski definition) is 0. The molecule has 238 valence electrons. The van der Waals surface area contributed by atoms with Crippen LogP contribution >= 0.6 is 0 Å². The van der Waals surface area contributed by atoms with E-state index in [1.165, 1.54) is 27.7 Å². The van der Waals surface area contributed by atoms with Gasteiger partial charge in [0.05, 0.1) is 0 Å². The van der Waals surface area contributed by atoms with E-state index in [0.29, 0.717) is 17.6 Å². The first kappa shape index (κ1) is 29.2. The molecular weight excluding hydrogens is 621 g/mol. The predicted molar refractivity (Wildman–Crippen MR) is 210 cm³/mol. The van der Waals surface area contributed by atoms with Crippen LogP contribution < -0.4 is 15.1 Å². The third-order valence-corrected chi connectivity index (χ3v) is 9.90. The van der Waals surface area contributed by atoms with Crippen molar-refractivity contribution in [2.45, 2.75) is 0 Å². The summed E-state index contributed by atoms with van der Waals surface area (Å²) in [4.78, 5) is 20.4. The van der Waals surface area contributed by atoms with Crippen molar-refractivity contribution in [3.8, 4) is 56.2 Å². The van der Waals surface area contributed by atoms with Gasteiger partial charge in [0, 0.05) is 39.3 Å². The molecule has 51 heavy (non-hydrogen) atoms. The molecule has 0 bridgehead atoms. The molecule has 8 aromatic rings. The Morgan fingerprint density at radius 1 is 0.353 bits per heavy atom. The maximum atomic E-state index is 5.30. The zero-order chi connectivity index (χ0) is 33.7. The van der Waals surface area contributed by atoms with Crippen LogP contribution in [0.15, 0.2) is 182 Å². The van der Waals surface area contributed by atoms with E-state index in [4.69, 9.17) is 15.0 Å². The second-order valence-corrected chi connectivity index (χ2v) is 12.8. The lowest BCUT2D eigenvalue weighted by molar-refractivity contribution is 1.03. The summed E-state index contributed by atoms with van der Waals surface area (Å²) in [5.41, 5.74) is 13.4. The number of aromatic nitrogens is 3.